The van der Waals surface area contributed by atoms with E-state index in [1.807, 2.05) is 37.3 Å². The summed E-state index contributed by atoms with van der Waals surface area (Å²) in [6.45, 7) is 9.24. The van der Waals surface area contributed by atoms with E-state index in [1.165, 1.54) is 25.8 Å². The van der Waals surface area contributed by atoms with Crippen LogP contribution in [0, 0.1) is 13.8 Å². The molecule has 2 heterocycles. The molecule has 34 heavy (non-hydrogen) atoms. The second-order valence-corrected chi connectivity index (χ2v) is 9.34. The molecule has 4 rings (SSSR count). The predicted octanol–water partition coefficient (Wildman–Crippen LogP) is 5.16. The van der Waals surface area contributed by atoms with Gasteiger partial charge in [-0.2, -0.15) is 5.10 Å². The van der Waals surface area contributed by atoms with Crippen LogP contribution in [0.25, 0.3) is 16.9 Å². The van der Waals surface area contributed by atoms with Crippen LogP contribution in [0.4, 0.5) is 0 Å². The molecule has 0 bridgehead atoms. The van der Waals surface area contributed by atoms with Crippen LogP contribution in [-0.2, 0) is 0 Å². The Labute approximate surface area is 202 Å². The van der Waals surface area contributed by atoms with E-state index in [4.69, 9.17) is 9.84 Å². The number of piperidine rings is 1. The third-order valence-electron chi connectivity index (χ3n) is 6.75. The van der Waals surface area contributed by atoms with Gasteiger partial charge in [-0.05, 0) is 82.0 Å². The average Bonchev–Trinajstić information content (AvgIpc) is 3.30. The first-order valence-corrected chi connectivity index (χ1v) is 12.3. The molecule has 1 N–H and O–H groups in total. The highest BCUT2D eigenvalue weighted by molar-refractivity contribution is 5.94. The summed E-state index contributed by atoms with van der Waals surface area (Å²) >= 11 is 0. The molecule has 1 fully saturated rings. The first kappa shape index (κ1) is 24.0. The van der Waals surface area contributed by atoms with Crippen molar-refractivity contribution in [3.8, 4) is 22.7 Å². The first-order chi connectivity index (χ1) is 16.5. The lowest BCUT2D eigenvalue weighted by molar-refractivity contribution is 0.0941. The molecule has 1 amide bonds. The second kappa shape index (κ2) is 10.9. The zero-order valence-corrected chi connectivity index (χ0v) is 20.8. The lowest BCUT2D eigenvalue weighted by Crippen LogP contribution is -2.39. The van der Waals surface area contributed by atoms with Gasteiger partial charge >= 0.3 is 0 Å². The lowest BCUT2D eigenvalue weighted by atomic mass is 10.0. The highest BCUT2D eigenvalue weighted by Gasteiger charge is 2.20. The summed E-state index contributed by atoms with van der Waals surface area (Å²) in [6.07, 6.45) is 4.82. The molecule has 6 heteroatoms. The van der Waals surface area contributed by atoms with Crippen molar-refractivity contribution in [3.63, 3.8) is 0 Å². The maximum absolute atomic E-state index is 13.3. The zero-order valence-electron chi connectivity index (χ0n) is 20.8. The molecule has 180 valence electrons. The minimum absolute atomic E-state index is 0.103. The minimum atomic E-state index is -0.103. The molecule has 0 saturated carbocycles. The number of methoxy groups -OCH3 is 1. The zero-order chi connectivity index (χ0) is 24.1. The van der Waals surface area contributed by atoms with Crippen LogP contribution in [0.1, 0.15) is 54.2 Å². The Balaban J connectivity index is 1.56. The van der Waals surface area contributed by atoms with Gasteiger partial charge in [0.15, 0.2) is 0 Å². The number of carbonyl (C=O) groups is 1. The van der Waals surface area contributed by atoms with E-state index in [9.17, 15) is 4.79 Å². The highest BCUT2D eigenvalue weighted by Crippen LogP contribution is 2.26. The number of ether oxygens (including phenoxy) is 1. The van der Waals surface area contributed by atoms with Gasteiger partial charge in [0.1, 0.15) is 11.4 Å². The van der Waals surface area contributed by atoms with Crippen LogP contribution in [0.3, 0.4) is 0 Å². The molecular formula is C28H36N4O2. The molecule has 1 aliphatic rings. The maximum atomic E-state index is 13.3. The van der Waals surface area contributed by atoms with Crippen LogP contribution in [-0.4, -0.2) is 53.4 Å². The fraction of sp³-hybridized carbons (Fsp3) is 0.429. The summed E-state index contributed by atoms with van der Waals surface area (Å²) in [4.78, 5) is 15.8. The number of benzene rings is 2. The Morgan fingerprint density at radius 3 is 2.79 bits per heavy atom. The summed E-state index contributed by atoms with van der Waals surface area (Å²) in [5, 5.41) is 7.99. The van der Waals surface area contributed by atoms with Crippen LogP contribution in [0.2, 0.25) is 0 Å². The van der Waals surface area contributed by atoms with Gasteiger partial charge in [0.25, 0.3) is 5.91 Å². The molecule has 0 radical (unpaired) electrons. The van der Waals surface area contributed by atoms with Crippen LogP contribution in [0.5, 0.6) is 5.75 Å². The summed E-state index contributed by atoms with van der Waals surface area (Å²) in [7, 11) is 1.65. The summed E-state index contributed by atoms with van der Waals surface area (Å²) in [5.74, 6) is 0.658. The smallest absolute Gasteiger partial charge is 0.270 e. The van der Waals surface area contributed by atoms with Crippen molar-refractivity contribution in [2.24, 2.45) is 0 Å². The number of aromatic nitrogens is 2. The first-order valence-electron chi connectivity index (χ1n) is 12.3. The number of nitrogens with one attached hydrogen (secondary N) is 1. The number of aryl methyl sites for hydroxylation is 2. The Morgan fingerprint density at radius 2 is 2.00 bits per heavy atom. The third-order valence-corrected chi connectivity index (χ3v) is 6.75. The van der Waals surface area contributed by atoms with Crippen molar-refractivity contribution in [2.45, 2.75) is 52.5 Å². The van der Waals surface area contributed by atoms with Crippen LogP contribution < -0.4 is 10.1 Å². The lowest BCUT2D eigenvalue weighted by Gasteiger charge is -2.33. The third kappa shape index (κ3) is 5.50. The quantitative estimate of drug-likeness (QED) is 0.472. The number of hydrogen-bond donors (Lipinski definition) is 1. The molecule has 1 aliphatic heterocycles. The summed E-state index contributed by atoms with van der Waals surface area (Å²) in [6, 6.07) is 16.5. The topological polar surface area (TPSA) is 59.4 Å². The van der Waals surface area contributed by atoms with Crippen LogP contribution in [0.15, 0.2) is 48.5 Å². The molecule has 1 aromatic heterocycles. The number of hydrogen-bond acceptors (Lipinski definition) is 4. The standard InChI is InChI=1S/C28H36N4O2/c1-20-12-13-21(2)26(17-20)32-27(19-25(30-32)23-10-7-11-24(18-23)34-4)28(33)29-14-8-16-31-15-6-5-9-22(31)3/h7,10-13,17-19,22H,5-6,8-9,14-16H2,1-4H3,(H,29,33). The van der Waals surface area contributed by atoms with Gasteiger partial charge < -0.3 is 15.0 Å². The van der Waals surface area contributed by atoms with Gasteiger partial charge in [0.05, 0.1) is 18.5 Å². The molecular weight excluding hydrogens is 424 g/mol. The fourth-order valence-electron chi connectivity index (χ4n) is 4.66. The number of rotatable bonds is 8. The summed E-state index contributed by atoms with van der Waals surface area (Å²) in [5.41, 5.74) is 5.31. The van der Waals surface area contributed by atoms with E-state index < -0.39 is 0 Å². The maximum Gasteiger partial charge on any atom is 0.270 e. The predicted molar refractivity (Wildman–Crippen MR) is 137 cm³/mol. The largest absolute Gasteiger partial charge is 0.497 e. The molecule has 6 nitrogen and oxygen atoms in total. The van der Waals surface area contributed by atoms with Gasteiger partial charge in [-0.15, -0.1) is 0 Å². The van der Waals surface area contributed by atoms with Gasteiger partial charge in [0, 0.05) is 24.7 Å². The van der Waals surface area contributed by atoms with Crippen molar-refractivity contribution in [1.82, 2.24) is 20.0 Å². The van der Waals surface area contributed by atoms with Crippen molar-refractivity contribution >= 4 is 5.91 Å². The SMILES string of the molecule is COc1cccc(-c2cc(C(=O)NCCCN3CCCCC3C)n(-c3cc(C)ccc3C)n2)c1. The Morgan fingerprint density at radius 1 is 1.15 bits per heavy atom. The monoisotopic (exact) mass is 460 g/mol. The molecule has 1 saturated heterocycles. The normalized spacial score (nSPS) is 16.4. The molecule has 2 aromatic carbocycles. The van der Waals surface area contributed by atoms with Gasteiger partial charge in [-0.1, -0.05) is 30.7 Å². The van der Waals surface area contributed by atoms with E-state index in [2.05, 4.69) is 42.3 Å². The molecule has 1 unspecified atom stereocenters. The number of amides is 1. The molecule has 0 spiro atoms. The average molecular weight is 461 g/mol. The Kier molecular flexibility index (Phi) is 7.68. The van der Waals surface area contributed by atoms with Crippen molar-refractivity contribution in [2.75, 3.05) is 26.7 Å². The van der Waals surface area contributed by atoms with Crippen molar-refractivity contribution in [3.05, 3.63) is 65.4 Å². The van der Waals surface area contributed by atoms with Gasteiger partial charge in [-0.25, -0.2) is 4.68 Å². The number of likely N-dealkylation sites (tertiary alicyclic amines) is 1. The van der Waals surface area contributed by atoms with Gasteiger partial charge in [-0.3, -0.25) is 4.79 Å². The van der Waals surface area contributed by atoms with E-state index in [-0.39, 0.29) is 5.91 Å². The number of carbonyl (C=O) groups excluding carboxylic acids is 1. The van der Waals surface area contributed by atoms with E-state index >= 15 is 0 Å². The molecule has 0 aliphatic carbocycles. The van der Waals surface area contributed by atoms with Crippen molar-refractivity contribution < 1.29 is 9.53 Å². The highest BCUT2D eigenvalue weighted by atomic mass is 16.5. The van der Waals surface area contributed by atoms with E-state index in [1.54, 1.807) is 11.8 Å². The van der Waals surface area contributed by atoms with E-state index in [0.717, 1.165) is 46.8 Å². The Bertz CT molecular complexity index is 1140. The second-order valence-electron chi connectivity index (χ2n) is 9.34. The molecule has 3 aromatic rings. The Hall–Kier alpha value is -3.12. The summed E-state index contributed by atoms with van der Waals surface area (Å²) < 4.78 is 7.16. The van der Waals surface area contributed by atoms with Crippen LogP contribution >= 0.6 is 0 Å². The minimum Gasteiger partial charge on any atom is -0.497 e. The molecule has 1 atom stereocenters. The van der Waals surface area contributed by atoms with E-state index in [0.29, 0.717) is 18.3 Å². The van der Waals surface area contributed by atoms with Gasteiger partial charge in [0.2, 0.25) is 0 Å². The van der Waals surface area contributed by atoms with Crippen molar-refractivity contribution in [1.29, 1.82) is 0 Å². The number of nitrogens with zero attached hydrogens (tertiary/aromatic N) is 3. The fourth-order valence-corrected chi connectivity index (χ4v) is 4.66.